The molecule has 0 fully saturated rings. The van der Waals surface area contributed by atoms with Crippen molar-refractivity contribution in [3.05, 3.63) is 65.5 Å². The van der Waals surface area contributed by atoms with E-state index in [0.29, 0.717) is 12.0 Å². The van der Waals surface area contributed by atoms with Crippen LogP contribution in [0.2, 0.25) is 0 Å². The van der Waals surface area contributed by atoms with E-state index in [0.717, 1.165) is 11.6 Å². The first-order chi connectivity index (χ1) is 8.69. The van der Waals surface area contributed by atoms with Gasteiger partial charge in [-0.1, -0.05) is 6.07 Å². The van der Waals surface area contributed by atoms with Gasteiger partial charge in [0, 0.05) is 18.5 Å². The Kier molecular flexibility index (Phi) is 3.96. The number of nitrogens with two attached hydrogens (primary N) is 1. The number of nitrogens with one attached hydrogen (secondary N) is 1. The number of aromatic nitrogens is 1. The van der Waals surface area contributed by atoms with Gasteiger partial charge in [-0.15, -0.1) is 0 Å². The van der Waals surface area contributed by atoms with Gasteiger partial charge in [-0.25, -0.2) is 8.78 Å². The lowest BCUT2D eigenvalue weighted by molar-refractivity contribution is 0.539. The number of benzene rings is 1. The Bertz CT molecular complexity index is 497. The predicted molar refractivity (Wildman–Crippen MR) is 64.4 cm³/mol. The lowest BCUT2D eigenvalue weighted by Crippen LogP contribution is -2.29. The van der Waals surface area contributed by atoms with Crippen LogP contribution in [-0.2, 0) is 6.42 Å². The van der Waals surface area contributed by atoms with Crippen molar-refractivity contribution < 1.29 is 8.78 Å². The highest BCUT2D eigenvalue weighted by atomic mass is 19.1. The molecule has 0 spiro atoms. The van der Waals surface area contributed by atoms with Gasteiger partial charge in [0.2, 0.25) is 0 Å². The summed E-state index contributed by atoms with van der Waals surface area (Å²) in [4.78, 5) is 3.99. The molecular weight excluding hydrogens is 236 g/mol. The van der Waals surface area contributed by atoms with Crippen LogP contribution in [0.1, 0.15) is 17.2 Å². The van der Waals surface area contributed by atoms with E-state index in [2.05, 4.69) is 10.4 Å². The number of nitrogens with zero attached hydrogens (tertiary/aromatic N) is 1. The van der Waals surface area contributed by atoms with E-state index in [9.17, 15) is 8.78 Å². The third-order valence-electron chi connectivity index (χ3n) is 2.65. The SMILES string of the molecule is NNC(Cc1cc(F)cc(F)c1)c1cccnc1. The maximum atomic E-state index is 13.1. The zero-order valence-corrected chi connectivity index (χ0v) is 9.61. The third-order valence-corrected chi connectivity index (χ3v) is 2.65. The second-order valence-corrected chi connectivity index (χ2v) is 3.99. The number of halogens is 2. The molecule has 1 heterocycles. The summed E-state index contributed by atoms with van der Waals surface area (Å²) < 4.78 is 26.2. The molecule has 0 saturated heterocycles. The monoisotopic (exact) mass is 249 g/mol. The first kappa shape index (κ1) is 12.6. The van der Waals surface area contributed by atoms with Gasteiger partial charge in [0.15, 0.2) is 0 Å². The molecule has 3 nitrogen and oxygen atoms in total. The van der Waals surface area contributed by atoms with E-state index in [-0.39, 0.29) is 6.04 Å². The van der Waals surface area contributed by atoms with Crippen LogP contribution < -0.4 is 11.3 Å². The van der Waals surface area contributed by atoms with Crippen LogP contribution in [0.15, 0.2) is 42.7 Å². The summed E-state index contributed by atoms with van der Waals surface area (Å²) in [6, 6.07) is 6.84. The summed E-state index contributed by atoms with van der Waals surface area (Å²) >= 11 is 0. The van der Waals surface area contributed by atoms with Gasteiger partial charge in [0.1, 0.15) is 11.6 Å². The molecule has 2 aromatic rings. The number of pyridine rings is 1. The Hall–Kier alpha value is -1.85. The number of hydrazine groups is 1. The van der Waals surface area contributed by atoms with E-state index in [1.165, 1.54) is 12.1 Å². The summed E-state index contributed by atoms with van der Waals surface area (Å²) in [5, 5.41) is 0. The first-order valence-corrected chi connectivity index (χ1v) is 5.50. The van der Waals surface area contributed by atoms with E-state index in [4.69, 9.17) is 5.84 Å². The molecule has 0 aliphatic heterocycles. The Morgan fingerprint density at radius 1 is 1.22 bits per heavy atom. The molecule has 0 saturated carbocycles. The smallest absolute Gasteiger partial charge is 0.126 e. The van der Waals surface area contributed by atoms with Crippen LogP contribution >= 0.6 is 0 Å². The Morgan fingerprint density at radius 3 is 2.50 bits per heavy atom. The topological polar surface area (TPSA) is 50.9 Å². The standard InChI is InChI=1S/C13H13F2N3/c14-11-4-9(5-12(15)7-11)6-13(18-16)10-2-1-3-17-8-10/h1-5,7-8,13,18H,6,16H2. The molecule has 2 rings (SSSR count). The van der Waals surface area contributed by atoms with Crippen molar-refractivity contribution in [3.8, 4) is 0 Å². The predicted octanol–water partition coefficient (Wildman–Crippen LogP) is 2.11. The maximum absolute atomic E-state index is 13.1. The average Bonchev–Trinajstić information content (AvgIpc) is 2.36. The maximum Gasteiger partial charge on any atom is 0.126 e. The lowest BCUT2D eigenvalue weighted by atomic mass is 10.0. The fraction of sp³-hybridized carbons (Fsp3) is 0.154. The number of rotatable bonds is 4. The molecule has 5 heteroatoms. The van der Waals surface area contributed by atoms with E-state index < -0.39 is 11.6 Å². The summed E-state index contributed by atoms with van der Waals surface area (Å²) in [5.74, 6) is 4.28. The Labute approximate surface area is 104 Å². The van der Waals surface area contributed by atoms with Gasteiger partial charge in [0.25, 0.3) is 0 Å². The molecule has 1 atom stereocenters. The molecule has 3 N–H and O–H groups in total. The Morgan fingerprint density at radius 2 is 1.94 bits per heavy atom. The summed E-state index contributed by atoms with van der Waals surface area (Å²) in [7, 11) is 0. The molecule has 94 valence electrons. The Balaban J connectivity index is 2.20. The second kappa shape index (κ2) is 5.66. The lowest BCUT2D eigenvalue weighted by Gasteiger charge is -2.16. The highest BCUT2D eigenvalue weighted by Crippen LogP contribution is 2.18. The summed E-state index contributed by atoms with van der Waals surface area (Å²) in [5.41, 5.74) is 4.03. The van der Waals surface area contributed by atoms with E-state index >= 15 is 0 Å². The fourth-order valence-corrected chi connectivity index (χ4v) is 1.82. The van der Waals surface area contributed by atoms with E-state index in [1.54, 1.807) is 18.5 Å². The molecule has 1 unspecified atom stereocenters. The third kappa shape index (κ3) is 3.09. The highest BCUT2D eigenvalue weighted by molar-refractivity contribution is 5.22. The largest absolute Gasteiger partial charge is 0.271 e. The van der Waals surface area contributed by atoms with Crippen LogP contribution in [0.4, 0.5) is 8.78 Å². The van der Waals surface area contributed by atoms with Crippen LogP contribution in [0, 0.1) is 11.6 Å². The van der Waals surface area contributed by atoms with Gasteiger partial charge >= 0.3 is 0 Å². The van der Waals surface area contributed by atoms with E-state index in [1.807, 2.05) is 6.07 Å². The zero-order chi connectivity index (χ0) is 13.0. The minimum absolute atomic E-state index is 0.236. The quantitative estimate of drug-likeness (QED) is 0.644. The van der Waals surface area contributed by atoms with Crippen molar-refractivity contribution >= 4 is 0 Å². The molecule has 0 bridgehead atoms. The molecule has 1 aromatic carbocycles. The van der Waals surface area contributed by atoms with Gasteiger partial charge < -0.3 is 0 Å². The molecule has 0 amide bonds. The summed E-state index contributed by atoms with van der Waals surface area (Å²) in [6.07, 6.45) is 3.70. The van der Waals surface area contributed by atoms with Crippen molar-refractivity contribution in [2.45, 2.75) is 12.5 Å². The minimum atomic E-state index is -0.591. The van der Waals surface area contributed by atoms with Gasteiger partial charge in [0.05, 0.1) is 6.04 Å². The normalized spacial score (nSPS) is 12.4. The van der Waals surface area contributed by atoms with Crippen molar-refractivity contribution in [3.63, 3.8) is 0 Å². The van der Waals surface area contributed by atoms with Crippen LogP contribution in [0.25, 0.3) is 0 Å². The first-order valence-electron chi connectivity index (χ1n) is 5.50. The minimum Gasteiger partial charge on any atom is -0.271 e. The van der Waals surface area contributed by atoms with Crippen LogP contribution in [0.5, 0.6) is 0 Å². The van der Waals surface area contributed by atoms with Crippen LogP contribution in [0.3, 0.4) is 0 Å². The molecular formula is C13H13F2N3. The molecule has 18 heavy (non-hydrogen) atoms. The fourth-order valence-electron chi connectivity index (χ4n) is 1.82. The zero-order valence-electron chi connectivity index (χ0n) is 9.61. The summed E-state index contributed by atoms with van der Waals surface area (Å²) in [6.45, 7) is 0. The van der Waals surface area contributed by atoms with Crippen molar-refractivity contribution in [2.24, 2.45) is 5.84 Å². The van der Waals surface area contributed by atoms with Crippen molar-refractivity contribution in [2.75, 3.05) is 0 Å². The van der Waals surface area contributed by atoms with Crippen molar-refractivity contribution in [1.82, 2.24) is 10.4 Å². The van der Waals surface area contributed by atoms with Gasteiger partial charge in [-0.05, 0) is 35.7 Å². The second-order valence-electron chi connectivity index (χ2n) is 3.99. The van der Waals surface area contributed by atoms with Crippen molar-refractivity contribution in [1.29, 1.82) is 0 Å². The molecule has 1 aromatic heterocycles. The van der Waals surface area contributed by atoms with Crippen LogP contribution in [-0.4, -0.2) is 4.98 Å². The average molecular weight is 249 g/mol. The number of hydrogen-bond acceptors (Lipinski definition) is 3. The molecule has 0 aliphatic carbocycles. The molecule has 0 aliphatic rings. The molecule has 0 radical (unpaired) electrons. The van der Waals surface area contributed by atoms with Gasteiger partial charge in [-0.3, -0.25) is 16.3 Å². The highest BCUT2D eigenvalue weighted by Gasteiger charge is 2.11. The van der Waals surface area contributed by atoms with Gasteiger partial charge in [-0.2, -0.15) is 0 Å². The number of hydrogen-bond donors (Lipinski definition) is 2.